The van der Waals surface area contributed by atoms with Crippen LogP contribution in [0.15, 0.2) is 18.5 Å². The highest BCUT2D eigenvalue weighted by atomic mass is 16.5. The highest BCUT2D eigenvalue weighted by Gasteiger charge is 2.16. The predicted molar refractivity (Wildman–Crippen MR) is 85.8 cm³/mol. The van der Waals surface area contributed by atoms with Gasteiger partial charge in [-0.05, 0) is 49.9 Å². The summed E-state index contributed by atoms with van der Waals surface area (Å²) in [6, 6.07) is 4.24. The number of fused-ring (bicyclic) bond motifs is 1. The Morgan fingerprint density at radius 3 is 3.00 bits per heavy atom. The van der Waals surface area contributed by atoms with Crippen LogP contribution < -0.4 is 5.32 Å². The second kappa shape index (κ2) is 6.48. The molecule has 5 heteroatoms. The largest absolute Gasteiger partial charge is 0.376 e. The Morgan fingerprint density at radius 2 is 2.23 bits per heavy atom. The number of amides is 1. The van der Waals surface area contributed by atoms with Crippen LogP contribution in [0.4, 0.5) is 0 Å². The molecule has 1 aromatic carbocycles. The molecule has 1 N–H and O–H groups in total. The first kappa shape index (κ1) is 15.0. The van der Waals surface area contributed by atoms with Crippen molar-refractivity contribution >= 4 is 16.9 Å². The molecular formula is C17H23N3O2. The topological polar surface area (TPSA) is 56.2 Å². The molecule has 0 saturated carbocycles. The van der Waals surface area contributed by atoms with E-state index in [1.165, 1.54) is 11.1 Å². The summed E-state index contributed by atoms with van der Waals surface area (Å²) in [5.41, 5.74) is 4.57. The number of carbonyl (C=O) groups is 1. The lowest BCUT2D eigenvalue weighted by atomic mass is 10.1. The summed E-state index contributed by atoms with van der Waals surface area (Å²) >= 11 is 0. The lowest BCUT2D eigenvalue weighted by Crippen LogP contribution is -2.32. The Kier molecular flexibility index (Phi) is 4.43. The van der Waals surface area contributed by atoms with E-state index in [9.17, 15) is 4.79 Å². The molecule has 1 fully saturated rings. The SMILES string of the molecule is Cc1cc2ncn(CCC(=O)NC[C@@H]3CCCO3)c2cc1C. The van der Waals surface area contributed by atoms with E-state index in [0.717, 1.165) is 30.5 Å². The molecule has 0 spiro atoms. The first-order valence-corrected chi connectivity index (χ1v) is 7.94. The molecule has 1 aliphatic heterocycles. The van der Waals surface area contributed by atoms with E-state index in [-0.39, 0.29) is 12.0 Å². The van der Waals surface area contributed by atoms with Crippen LogP contribution in [0.1, 0.15) is 30.4 Å². The summed E-state index contributed by atoms with van der Waals surface area (Å²) in [7, 11) is 0. The molecule has 2 heterocycles. The van der Waals surface area contributed by atoms with Gasteiger partial charge in [-0.1, -0.05) is 0 Å². The molecule has 1 atom stereocenters. The number of ether oxygens (including phenoxy) is 1. The smallest absolute Gasteiger partial charge is 0.221 e. The molecule has 1 aromatic heterocycles. The number of benzene rings is 1. The number of carbonyl (C=O) groups excluding carboxylic acids is 1. The fraction of sp³-hybridized carbons (Fsp3) is 0.529. The van der Waals surface area contributed by atoms with E-state index in [0.29, 0.717) is 19.5 Å². The van der Waals surface area contributed by atoms with E-state index in [4.69, 9.17) is 4.74 Å². The maximum absolute atomic E-state index is 12.0. The number of imidazole rings is 1. The predicted octanol–water partition coefficient (Wildman–Crippen LogP) is 2.34. The second-order valence-corrected chi connectivity index (χ2v) is 6.05. The molecule has 1 amide bonds. The molecule has 1 saturated heterocycles. The minimum atomic E-state index is 0.0705. The Balaban J connectivity index is 1.56. The number of aromatic nitrogens is 2. The van der Waals surface area contributed by atoms with E-state index in [1.807, 2.05) is 10.9 Å². The number of rotatable bonds is 5. The second-order valence-electron chi connectivity index (χ2n) is 6.05. The third-order valence-corrected chi connectivity index (χ3v) is 4.37. The van der Waals surface area contributed by atoms with E-state index in [1.54, 1.807) is 0 Å². The minimum absolute atomic E-state index is 0.0705. The highest BCUT2D eigenvalue weighted by Crippen LogP contribution is 2.18. The van der Waals surface area contributed by atoms with Crippen LogP contribution in [-0.4, -0.2) is 34.7 Å². The van der Waals surface area contributed by atoms with E-state index in [2.05, 4.69) is 36.3 Å². The molecule has 2 aromatic rings. The van der Waals surface area contributed by atoms with Crippen LogP contribution in [0.5, 0.6) is 0 Å². The maximum atomic E-state index is 12.0. The molecule has 118 valence electrons. The van der Waals surface area contributed by atoms with E-state index < -0.39 is 0 Å². The lowest BCUT2D eigenvalue weighted by Gasteiger charge is -2.11. The van der Waals surface area contributed by atoms with Crippen molar-refractivity contribution in [3.05, 3.63) is 29.6 Å². The van der Waals surface area contributed by atoms with Gasteiger partial charge in [0.2, 0.25) is 5.91 Å². The highest BCUT2D eigenvalue weighted by molar-refractivity contribution is 5.78. The number of nitrogens with zero attached hydrogens (tertiary/aromatic N) is 2. The summed E-state index contributed by atoms with van der Waals surface area (Å²) in [4.78, 5) is 16.4. The number of aryl methyl sites for hydroxylation is 3. The number of hydrogen-bond acceptors (Lipinski definition) is 3. The van der Waals surface area contributed by atoms with Gasteiger partial charge in [-0.3, -0.25) is 4.79 Å². The standard InChI is InChI=1S/C17H23N3O2/c1-12-8-15-16(9-13(12)2)20(11-19-15)6-5-17(21)18-10-14-4-3-7-22-14/h8-9,11,14H,3-7,10H2,1-2H3,(H,18,21)/t14-/m0/s1. The van der Waals surface area contributed by atoms with Gasteiger partial charge in [0.1, 0.15) is 0 Å². The zero-order valence-corrected chi connectivity index (χ0v) is 13.3. The fourth-order valence-electron chi connectivity index (χ4n) is 2.83. The molecule has 1 aliphatic rings. The zero-order chi connectivity index (χ0) is 15.5. The first-order chi connectivity index (χ1) is 10.6. The maximum Gasteiger partial charge on any atom is 0.221 e. The fourth-order valence-corrected chi connectivity index (χ4v) is 2.83. The van der Waals surface area contributed by atoms with Crippen molar-refractivity contribution in [1.29, 1.82) is 0 Å². The van der Waals surface area contributed by atoms with Gasteiger partial charge in [-0.2, -0.15) is 0 Å². The monoisotopic (exact) mass is 301 g/mol. The van der Waals surface area contributed by atoms with Gasteiger partial charge in [0.25, 0.3) is 0 Å². The van der Waals surface area contributed by atoms with Gasteiger partial charge in [-0.25, -0.2) is 4.98 Å². The summed E-state index contributed by atoms with van der Waals surface area (Å²) in [5, 5.41) is 2.96. The normalized spacial score (nSPS) is 18.0. The first-order valence-electron chi connectivity index (χ1n) is 7.94. The lowest BCUT2D eigenvalue weighted by molar-refractivity contribution is -0.121. The van der Waals surface area contributed by atoms with Crippen LogP contribution in [0.25, 0.3) is 11.0 Å². The average Bonchev–Trinajstić information content (AvgIpc) is 3.14. The molecule has 0 bridgehead atoms. The summed E-state index contributed by atoms with van der Waals surface area (Å²) in [5.74, 6) is 0.0705. The van der Waals surface area contributed by atoms with Crippen molar-refractivity contribution in [3.63, 3.8) is 0 Å². The van der Waals surface area contributed by atoms with Crippen molar-refractivity contribution in [1.82, 2.24) is 14.9 Å². The molecule has 3 rings (SSSR count). The summed E-state index contributed by atoms with van der Waals surface area (Å²) in [6.07, 6.45) is 4.62. The van der Waals surface area contributed by atoms with Crippen molar-refractivity contribution in [2.45, 2.75) is 45.8 Å². The van der Waals surface area contributed by atoms with Crippen molar-refractivity contribution < 1.29 is 9.53 Å². The van der Waals surface area contributed by atoms with Crippen molar-refractivity contribution in [2.24, 2.45) is 0 Å². The van der Waals surface area contributed by atoms with E-state index >= 15 is 0 Å². The molecule has 5 nitrogen and oxygen atoms in total. The van der Waals surface area contributed by atoms with Gasteiger partial charge >= 0.3 is 0 Å². The molecule has 0 unspecified atom stereocenters. The summed E-state index contributed by atoms with van der Waals surface area (Å²) in [6.45, 7) is 6.28. The van der Waals surface area contributed by atoms with Gasteiger partial charge in [0, 0.05) is 26.1 Å². The van der Waals surface area contributed by atoms with Crippen LogP contribution in [-0.2, 0) is 16.1 Å². The van der Waals surface area contributed by atoms with Crippen LogP contribution in [0.3, 0.4) is 0 Å². The van der Waals surface area contributed by atoms with Crippen molar-refractivity contribution in [2.75, 3.05) is 13.2 Å². The third-order valence-electron chi connectivity index (χ3n) is 4.37. The van der Waals surface area contributed by atoms with Crippen molar-refractivity contribution in [3.8, 4) is 0 Å². The quantitative estimate of drug-likeness (QED) is 0.922. The van der Waals surface area contributed by atoms with Gasteiger partial charge in [0.15, 0.2) is 0 Å². The number of nitrogens with one attached hydrogen (secondary N) is 1. The Hall–Kier alpha value is -1.88. The number of hydrogen-bond donors (Lipinski definition) is 1. The van der Waals surface area contributed by atoms with Crippen LogP contribution in [0.2, 0.25) is 0 Å². The average molecular weight is 301 g/mol. The third kappa shape index (κ3) is 3.30. The molecule has 0 aliphatic carbocycles. The molecule has 22 heavy (non-hydrogen) atoms. The zero-order valence-electron chi connectivity index (χ0n) is 13.3. The van der Waals surface area contributed by atoms with Gasteiger partial charge in [0.05, 0.1) is 23.5 Å². The van der Waals surface area contributed by atoms with Crippen LogP contribution >= 0.6 is 0 Å². The Labute approximate surface area is 130 Å². The minimum Gasteiger partial charge on any atom is -0.376 e. The van der Waals surface area contributed by atoms with Gasteiger partial charge < -0.3 is 14.6 Å². The molecular weight excluding hydrogens is 278 g/mol. The Morgan fingerprint density at radius 1 is 1.41 bits per heavy atom. The Bertz CT molecular complexity index is 672. The van der Waals surface area contributed by atoms with Crippen LogP contribution in [0, 0.1) is 13.8 Å². The summed E-state index contributed by atoms with van der Waals surface area (Å²) < 4.78 is 7.55. The van der Waals surface area contributed by atoms with Gasteiger partial charge in [-0.15, -0.1) is 0 Å². The molecule has 0 radical (unpaired) electrons.